The molecule has 4 aliphatic carbocycles. The summed E-state index contributed by atoms with van der Waals surface area (Å²) < 4.78 is 23.5. The highest BCUT2D eigenvalue weighted by atomic mass is 16.6. The summed E-state index contributed by atoms with van der Waals surface area (Å²) in [6.07, 6.45) is 76.8. The first-order chi connectivity index (χ1) is 32.7. The third kappa shape index (κ3) is 19.5. The zero-order chi connectivity index (χ0) is 44.9. The Bertz CT molecular complexity index is 1150. The maximum Gasteiger partial charge on any atom is 0.0844 e. The zero-order valence-corrected chi connectivity index (χ0v) is 43.7. The van der Waals surface area contributed by atoms with Gasteiger partial charge in [0.15, 0.2) is 0 Å². The Kier molecular flexibility index (Phi) is 23.2. The van der Waals surface area contributed by atoms with Gasteiger partial charge in [-0.05, 0) is 138 Å². The lowest BCUT2D eigenvalue weighted by Crippen LogP contribution is -2.35. The number of unbranched alkanes of at least 4 members (excludes halogenated alkanes) is 24. The topological polar surface area (TPSA) is 46.8 Å². The molecule has 12 unspecified atom stereocenters. The van der Waals surface area contributed by atoms with E-state index in [2.05, 4.69) is 0 Å². The molecule has 5 heterocycles. The Morgan fingerprint density at radius 1 is 0.227 bits per heavy atom. The lowest BCUT2D eigenvalue weighted by atomic mass is 9.70. The molecule has 9 fully saturated rings. The van der Waals surface area contributed by atoms with E-state index >= 15 is 0 Å². The van der Waals surface area contributed by atoms with E-state index in [9.17, 15) is 0 Å². The normalized spacial score (nSPS) is 33.8. The molecule has 9 rings (SSSR count). The van der Waals surface area contributed by atoms with Crippen molar-refractivity contribution in [2.24, 2.45) is 29.1 Å². The van der Waals surface area contributed by atoms with Gasteiger partial charge >= 0.3 is 0 Å². The van der Waals surface area contributed by atoms with Crippen molar-refractivity contribution in [2.75, 3.05) is 0 Å². The van der Waals surface area contributed by atoms with Crippen molar-refractivity contribution >= 4 is 0 Å². The summed E-state index contributed by atoms with van der Waals surface area (Å²) >= 11 is 0. The first-order valence-corrected chi connectivity index (χ1v) is 31.3. The van der Waals surface area contributed by atoms with Gasteiger partial charge in [-0.3, -0.25) is 0 Å². The molecule has 0 aromatic rings. The van der Waals surface area contributed by atoms with Gasteiger partial charge in [0.05, 0.1) is 48.8 Å². The van der Waals surface area contributed by atoms with E-state index in [1.807, 2.05) is 0 Å². The molecule has 0 amide bonds. The van der Waals surface area contributed by atoms with Crippen molar-refractivity contribution in [3.8, 4) is 0 Å². The van der Waals surface area contributed by atoms with E-state index < -0.39 is 0 Å². The molecule has 4 saturated carbocycles. The Balaban J connectivity index is 0.721. The fourth-order valence-corrected chi connectivity index (χ4v) is 15.3. The van der Waals surface area contributed by atoms with E-state index in [1.54, 1.807) is 0 Å². The SMILES string of the molecule is C(CCCCC1CCC2CC(C1)O2)CCCCC(CCCCCCCCCC1CCC2OC2C1)(CCCCCCCCCC1CCC2OC2C1)CCCCCCCCCC1CCC2OC2C1. The second kappa shape index (κ2) is 29.4. The minimum atomic E-state index is 0.627. The molecule has 4 nitrogen and oxygen atoms in total. The minimum Gasteiger partial charge on any atom is -0.375 e. The summed E-state index contributed by atoms with van der Waals surface area (Å²) in [4.78, 5) is 0. The van der Waals surface area contributed by atoms with Crippen LogP contribution < -0.4 is 0 Å². The largest absolute Gasteiger partial charge is 0.375 e. The number of epoxide rings is 3. The minimum absolute atomic E-state index is 0.627. The van der Waals surface area contributed by atoms with Gasteiger partial charge in [-0.25, -0.2) is 0 Å². The number of rotatable bonds is 40. The molecule has 382 valence electrons. The van der Waals surface area contributed by atoms with Crippen LogP contribution in [0.2, 0.25) is 0 Å². The Morgan fingerprint density at radius 3 is 0.818 bits per heavy atom. The van der Waals surface area contributed by atoms with Crippen molar-refractivity contribution < 1.29 is 18.9 Å². The number of hydrogen-bond acceptors (Lipinski definition) is 4. The summed E-state index contributed by atoms with van der Waals surface area (Å²) in [5.41, 5.74) is 0.627. The monoisotopic (exact) mass is 919 g/mol. The molecule has 0 spiro atoms. The third-order valence-corrected chi connectivity index (χ3v) is 20.0. The quantitative estimate of drug-likeness (QED) is 0.0454. The molecular formula is C62H110O4. The van der Waals surface area contributed by atoms with Crippen LogP contribution in [0, 0.1) is 29.1 Å². The second-order valence-corrected chi connectivity index (χ2v) is 25.5. The van der Waals surface area contributed by atoms with Crippen LogP contribution in [0.3, 0.4) is 0 Å². The van der Waals surface area contributed by atoms with Crippen molar-refractivity contribution in [3.05, 3.63) is 0 Å². The maximum absolute atomic E-state index is 6.03. The number of hydrogen-bond donors (Lipinski definition) is 0. The number of ether oxygens (including phenoxy) is 4. The van der Waals surface area contributed by atoms with Crippen molar-refractivity contribution in [3.63, 3.8) is 0 Å². The Morgan fingerprint density at radius 2 is 0.500 bits per heavy atom. The fourth-order valence-electron chi connectivity index (χ4n) is 15.3. The average molecular weight is 920 g/mol. The Labute approximate surface area is 409 Å². The van der Waals surface area contributed by atoms with E-state index in [4.69, 9.17) is 18.9 Å². The van der Waals surface area contributed by atoms with E-state index in [1.165, 1.54) is 315 Å². The van der Waals surface area contributed by atoms with Crippen LogP contribution in [0.1, 0.15) is 315 Å². The smallest absolute Gasteiger partial charge is 0.0844 e. The van der Waals surface area contributed by atoms with Crippen LogP contribution in [0.4, 0.5) is 0 Å². The second-order valence-electron chi connectivity index (χ2n) is 25.5. The number of fused-ring (bicyclic) bond motifs is 6. The summed E-state index contributed by atoms with van der Waals surface area (Å²) in [7, 11) is 0. The van der Waals surface area contributed by atoms with Crippen molar-refractivity contribution in [1.29, 1.82) is 0 Å². The molecule has 0 N–H and O–H groups in total. The lowest BCUT2D eigenvalue weighted by Gasteiger charge is -2.35. The molecule has 0 aromatic carbocycles. The lowest BCUT2D eigenvalue weighted by molar-refractivity contribution is -0.120. The van der Waals surface area contributed by atoms with Crippen LogP contribution in [-0.2, 0) is 18.9 Å². The molecule has 0 radical (unpaired) electrons. The molecule has 5 aliphatic heterocycles. The molecule has 66 heavy (non-hydrogen) atoms. The zero-order valence-electron chi connectivity index (χ0n) is 43.7. The highest BCUT2D eigenvalue weighted by molar-refractivity contribution is 4.93. The fraction of sp³-hybridized carbons (Fsp3) is 1.00. The first kappa shape index (κ1) is 52.2. The molecule has 5 saturated heterocycles. The van der Waals surface area contributed by atoms with Gasteiger partial charge in [0.2, 0.25) is 0 Å². The van der Waals surface area contributed by atoms with Gasteiger partial charge in [-0.1, -0.05) is 205 Å². The Hall–Kier alpha value is -0.160. The first-order valence-electron chi connectivity index (χ1n) is 31.3. The van der Waals surface area contributed by atoms with Crippen LogP contribution in [0.15, 0.2) is 0 Å². The van der Waals surface area contributed by atoms with E-state index in [0.717, 1.165) is 23.7 Å². The summed E-state index contributed by atoms with van der Waals surface area (Å²) in [6, 6.07) is 0. The maximum atomic E-state index is 6.03. The van der Waals surface area contributed by atoms with Crippen LogP contribution in [0.25, 0.3) is 0 Å². The molecule has 4 heteroatoms. The van der Waals surface area contributed by atoms with Gasteiger partial charge in [0.1, 0.15) is 0 Å². The standard InChI is InChI=1S/C62H110O4/c1(5-13-21-29-50-33-37-54-49-55(45-50)63-54)9-17-25-41-62(42-26-18-10-2-6-14-22-30-51-34-38-56-59(46-51)64-56,43-27-19-11-3-7-15-23-31-52-35-39-57-60(47-52)65-57)44-28-20-12-4-8-16-24-32-53-36-40-58-61(48-53)66-58/h50-61H,1-49H2. The van der Waals surface area contributed by atoms with Crippen molar-refractivity contribution in [2.45, 2.75) is 363 Å². The van der Waals surface area contributed by atoms with Gasteiger partial charge in [0.25, 0.3) is 0 Å². The predicted molar refractivity (Wildman–Crippen MR) is 277 cm³/mol. The molecule has 12 atom stereocenters. The highest BCUT2D eigenvalue weighted by Crippen LogP contribution is 2.45. The van der Waals surface area contributed by atoms with Gasteiger partial charge in [-0.15, -0.1) is 0 Å². The van der Waals surface area contributed by atoms with Crippen LogP contribution >= 0.6 is 0 Å². The molecule has 0 aromatic heterocycles. The van der Waals surface area contributed by atoms with Crippen LogP contribution in [0.5, 0.6) is 0 Å². The third-order valence-electron chi connectivity index (χ3n) is 20.0. The predicted octanol–water partition coefficient (Wildman–Crippen LogP) is 18.7. The van der Waals surface area contributed by atoms with Crippen molar-refractivity contribution in [1.82, 2.24) is 0 Å². The molecule has 2 bridgehead atoms. The summed E-state index contributed by atoms with van der Waals surface area (Å²) in [5.74, 6) is 3.88. The van der Waals surface area contributed by atoms with Gasteiger partial charge in [-0.2, -0.15) is 0 Å². The van der Waals surface area contributed by atoms with E-state index in [0.29, 0.717) is 54.2 Å². The summed E-state index contributed by atoms with van der Waals surface area (Å²) in [6.45, 7) is 0. The highest BCUT2D eigenvalue weighted by Gasteiger charge is 2.45. The molecular weight excluding hydrogens is 809 g/mol. The van der Waals surface area contributed by atoms with Gasteiger partial charge < -0.3 is 18.9 Å². The van der Waals surface area contributed by atoms with Crippen LogP contribution in [-0.4, -0.2) is 48.8 Å². The average Bonchev–Trinajstić information content (AvgIpc) is 4.19. The molecule has 9 aliphatic rings. The van der Waals surface area contributed by atoms with Gasteiger partial charge in [0, 0.05) is 0 Å². The van der Waals surface area contributed by atoms with E-state index in [-0.39, 0.29) is 0 Å². The summed E-state index contributed by atoms with van der Waals surface area (Å²) in [5, 5.41) is 0.